The molecule has 1 aromatic carbocycles. The first-order valence-corrected chi connectivity index (χ1v) is 15.0. The van der Waals surface area contributed by atoms with Gasteiger partial charge in [0.1, 0.15) is 12.3 Å². The van der Waals surface area contributed by atoms with E-state index < -0.39 is 26.4 Å². The first-order valence-electron chi connectivity index (χ1n) is 12.1. The van der Waals surface area contributed by atoms with Crippen LogP contribution >= 0.6 is 0 Å². The largest absolute Gasteiger partial charge is 0.545 e. The SMILES string of the molecule is COC(=O)c1cc2c([nH]1)C(=O)C[C@H]1[C@@H]2C=C(O[Si](C)(C)C(C)(C)C)CN1C(=O)OCc1ccccc1. The summed E-state index contributed by atoms with van der Waals surface area (Å²) in [6, 6.07) is 10.7. The topological polar surface area (TPSA) is 97.9 Å². The maximum atomic E-state index is 13.4. The second-order valence-electron chi connectivity index (χ2n) is 10.9. The van der Waals surface area contributed by atoms with Crippen LogP contribution in [0.2, 0.25) is 18.1 Å². The summed E-state index contributed by atoms with van der Waals surface area (Å²) in [5.74, 6) is -0.361. The van der Waals surface area contributed by atoms with Crippen LogP contribution in [0.3, 0.4) is 0 Å². The van der Waals surface area contributed by atoms with Crippen LogP contribution in [-0.4, -0.2) is 55.7 Å². The summed E-state index contributed by atoms with van der Waals surface area (Å²) in [5.41, 5.74) is 2.12. The van der Waals surface area contributed by atoms with Crippen LogP contribution in [-0.2, 0) is 20.5 Å². The van der Waals surface area contributed by atoms with Crippen molar-refractivity contribution in [3.8, 4) is 0 Å². The smallest absolute Gasteiger partial charge is 0.410 e. The number of carbonyl (C=O) groups is 3. The minimum Gasteiger partial charge on any atom is -0.545 e. The fourth-order valence-electron chi connectivity index (χ4n) is 4.40. The lowest BCUT2D eigenvalue weighted by Crippen LogP contribution is -2.51. The van der Waals surface area contributed by atoms with Crippen molar-refractivity contribution in [2.24, 2.45) is 0 Å². The highest BCUT2D eigenvalue weighted by Gasteiger charge is 2.46. The molecule has 2 aliphatic rings. The highest BCUT2D eigenvalue weighted by molar-refractivity contribution is 6.74. The van der Waals surface area contributed by atoms with Gasteiger partial charge in [-0.3, -0.25) is 9.69 Å². The average Bonchev–Trinajstić information content (AvgIpc) is 3.28. The number of benzene rings is 1. The van der Waals surface area contributed by atoms with Gasteiger partial charge in [0.2, 0.25) is 8.32 Å². The third-order valence-corrected chi connectivity index (χ3v) is 11.8. The first-order chi connectivity index (χ1) is 16.9. The van der Waals surface area contributed by atoms with E-state index in [0.717, 1.165) is 5.56 Å². The van der Waals surface area contributed by atoms with Crippen molar-refractivity contribution in [1.29, 1.82) is 0 Å². The van der Waals surface area contributed by atoms with Gasteiger partial charge in [-0.15, -0.1) is 0 Å². The Balaban J connectivity index is 1.69. The quantitative estimate of drug-likeness (QED) is 0.427. The van der Waals surface area contributed by atoms with Crippen molar-refractivity contribution in [2.75, 3.05) is 13.7 Å². The molecule has 0 spiro atoms. The first kappa shape index (κ1) is 25.8. The van der Waals surface area contributed by atoms with Crippen molar-refractivity contribution >= 4 is 26.2 Å². The van der Waals surface area contributed by atoms with Crippen molar-refractivity contribution < 1.29 is 28.3 Å². The number of hydrogen-bond donors (Lipinski definition) is 1. The Hall–Kier alpha value is -3.33. The van der Waals surface area contributed by atoms with Gasteiger partial charge in [0.05, 0.1) is 31.1 Å². The Kier molecular flexibility index (Phi) is 6.87. The number of aromatic amines is 1. The van der Waals surface area contributed by atoms with Gasteiger partial charge in [0, 0.05) is 12.3 Å². The molecule has 2 heterocycles. The van der Waals surface area contributed by atoms with E-state index in [1.807, 2.05) is 36.4 Å². The molecule has 0 unspecified atom stereocenters. The highest BCUT2D eigenvalue weighted by Crippen LogP contribution is 2.43. The summed E-state index contributed by atoms with van der Waals surface area (Å²) in [6.07, 6.45) is 1.62. The molecule has 1 aliphatic carbocycles. The van der Waals surface area contributed by atoms with Gasteiger partial charge in [-0.25, -0.2) is 9.59 Å². The van der Waals surface area contributed by atoms with Crippen LogP contribution < -0.4 is 0 Å². The second-order valence-corrected chi connectivity index (χ2v) is 15.6. The van der Waals surface area contributed by atoms with Crippen LogP contribution in [0.4, 0.5) is 4.79 Å². The second kappa shape index (κ2) is 9.61. The van der Waals surface area contributed by atoms with Gasteiger partial charge in [0.25, 0.3) is 0 Å². The molecule has 0 bridgehead atoms. The van der Waals surface area contributed by atoms with Crippen LogP contribution in [0.5, 0.6) is 0 Å². The molecule has 0 saturated heterocycles. The van der Waals surface area contributed by atoms with Crippen molar-refractivity contribution in [2.45, 2.75) is 63.9 Å². The van der Waals surface area contributed by atoms with Gasteiger partial charge in [-0.1, -0.05) is 51.1 Å². The van der Waals surface area contributed by atoms with Crippen molar-refractivity contribution in [1.82, 2.24) is 9.88 Å². The molecular weight excluding hydrogens is 476 g/mol. The fourth-order valence-corrected chi connectivity index (χ4v) is 5.50. The number of aromatic nitrogens is 1. The predicted octanol–water partition coefficient (Wildman–Crippen LogP) is 5.40. The van der Waals surface area contributed by atoms with Crippen molar-refractivity contribution in [3.05, 3.63) is 70.7 Å². The zero-order valence-corrected chi connectivity index (χ0v) is 22.7. The number of rotatable bonds is 5. The molecule has 1 N–H and O–H groups in total. The number of esters is 1. The zero-order chi connectivity index (χ0) is 26.3. The monoisotopic (exact) mass is 510 g/mol. The number of Topliss-reactive ketones (excluding diaryl/α,β-unsaturated/α-hetero) is 1. The Morgan fingerprint density at radius 2 is 1.86 bits per heavy atom. The third-order valence-electron chi connectivity index (χ3n) is 7.42. The van der Waals surface area contributed by atoms with E-state index in [1.165, 1.54) is 7.11 Å². The lowest BCUT2D eigenvalue weighted by molar-refractivity contribution is 0.0593. The Morgan fingerprint density at radius 1 is 1.17 bits per heavy atom. The van der Waals surface area contributed by atoms with E-state index in [9.17, 15) is 14.4 Å². The van der Waals surface area contributed by atoms with E-state index in [1.54, 1.807) is 11.0 Å². The summed E-state index contributed by atoms with van der Waals surface area (Å²) in [7, 11) is -0.909. The number of hydrogen-bond acceptors (Lipinski definition) is 6. The van der Waals surface area contributed by atoms with Gasteiger partial charge >= 0.3 is 12.1 Å². The minimum atomic E-state index is -2.20. The van der Waals surface area contributed by atoms with Crippen LogP contribution in [0.25, 0.3) is 0 Å². The molecule has 0 radical (unpaired) electrons. The summed E-state index contributed by atoms with van der Waals surface area (Å²) in [5, 5.41) is -0.0385. The van der Waals surface area contributed by atoms with E-state index in [4.69, 9.17) is 13.9 Å². The van der Waals surface area contributed by atoms with E-state index in [-0.39, 0.29) is 42.0 Å². The average molecular weight is 511 g/mol. The normalized spacial score (nSPS) is 19.7. The molecule has 2 aromatic rings. The standard InChI is InChI=1S/C27H34N2O6Si/c1-27(2,3)36(5,6)35-18-12-19-20-13-21(25(31)33-4)28-24(20)23(30)14-22(19)29(15-18)26(32)34-16-17-10-8-7-9-11-17/h7-13,19,22,28H,14-16H2,1-6H3/t19-,22+/m1/s1. The van der Waals surface area contributed by atoms with Gasteiger partial charge in [-0.05, 0) is 41.4 Å². The van der Waals surface area contributed by atoms with E-state index in [2.05, 4.69) is 38.8 Å². The number of H-pyrrole nitrogens is 1. The predicted molar refractivity (Wildman–Crippen MR) is 137 cm³/mol. The fraction of sp³-hybridized carbons (Fsp3) is 0.444. The molecule has 1 aliphatic heterocycles. The molecule has 192 valence electrons. The lowest BCUT2D eigenvalue weighted by atomic mass is 9.79. The molecule has 0 saturated carbocycles. The molecule has 9 heteroatoms. The number of nitrogens with one attached hydrogen (secondary N) is 1. The number of carbonyl (C=O) groups excluding carboxylic acids is 3. The molecule has 8 nitrogen and oxygen atoms in total. The number of ketones is 1. The van der Waals surface area contributed by atoms with Gasteiger partial charge in [-0.2, -0.15) is 0 Å². The summed E-state index contributed by atoms with van der Waals surface area (Å²) in [4.78, 5) is 43.1. The molecule has 4 rings (SSSR count). The number of nitrogens with zero attached hydrogens (tertiary/aromatic N) is 1. The maximum Gasteiger partial charge on any atom is 0.410 e. The molecule has 1 aromatic heterocycles. The van der Waals surface area contributed by atoms with E-state index >= 15 is 0 Å². The van der Waals surface area contributed by atoms with E-state index in [0.29, 0.717) is 17.0 Å². The molecular formula is C27H34N2O6Si. The molecule has 2 atom stereocenters. The highest BCUT2D eigenvalue weighted by atomic mass is 28.4. The Morgan fingerprint density at radius 3 is 2.50 bits per heavy atom. The Bertz CT molecular complexity index is 1190. The number of amides is 1. The summed E-state index contributed by atoms with van der Waals surface area (Å²) >= 11 is 0. The lowest BCUT2D eigenvalue weighted by Gasteiger charge is -2.44. The van der Waals surface area contributed by atoms with Crippen LogP contribution in [0, 0.1) is 0 Å². The van der Waals surface area contributed by atoms with Crippen molar-refractivity contribution in [3.63, 3.8) is 0 Å². The zero-order valence-electron chi connectivity index (χ0n) is 21.7. The summed E-state index contributed by atoms with van der Waals surface area (Å²) in [6.45, 7) is 11.1. The molecule has 36 heavy (non-hydrogen) atoms. The van der Waals surface area contributed by atoms with Gasteiger partial charge < -0.3 is 18.9 Å². The number of ether oxygens (including phenoxy) is 2. The maximum absolute atomic E-state index is 13.4. The van der Waals surface area contributed by atoms with Crippen LogP contribution in [0.1, 0.15) is 65.2 Å². The molecule has 0 fully saturated rings. The third kappa shape index (κ3) is 4.97. The Labute approximate surface area is 212 Å². The number of fused-ring (bicyclic) bond motifs is 3. The van der Waals surface area contributed by atoms with Gasteiger partial charge in [0.15, 0.2) is 5.78 Å². The number of methoxy groups -OCH3 is 1. The molecule has 1 amide bonds. The summed E-state index contributed by atoms with van der Waals surface area (Å²) < 4.78 is 17.1. The minimum absolute atomic E-state index is 0.0385. The van der Waals surface area contributed by atoms with Crippen LogP contribution in [0.15, 0.2) is 48.2 Å².